The summed E-state index contributed by atoms with van der Waals surface area (Å²) in [7, 11) is 3.54. The number of ether oxygens (including phenoxy) is 1. The molecule has 0 saturated carbocycles. The Kier molecular flexibility index (Phi) is 5.81. The third kappa shape index (κ3) is 4.18. The minimum absolute atomic E-state index is 0.0344. The van der Waals surface area contributed by atoms with Crippen molar-refractivity contribution in [2.24, 2.45) is 5.41 Å². The van der Waals surface area contributed by atoms with Crippen molar-refractivity contribution in [2.75, 3.05) is 46.9 Å². The molecule has 2 saturated heterocycles. The van der Waals surface area contributed by atoms with Gasteiger partial charge in [-0.1, -0.05) is 12.1 Å². The molecule has 1 aromatic carbocycles. The second-order valence-corrected chi connectivity index (χ2v) is 7.52. The lowest BCUT2D eigenvalue weighted by Gasteiger charge is -2.37. The largest absolute Gasteiger partial charge is 0.497 e. The highest BCUT2D eigenvalue weighted by molar-refractivity contribution is 5.84. The number of carbonyl (C=O) groups is 2. The Morgan fingerprint density at radius 1 is 1.23 bits per heavy atom. The molecular formula is C20H29N3O3. The fraction of sp³-hybridized carbons (Fsp3) is 0.600. The van der Waals surface area contributed by atoms with Gasteiger partial charge in [0.2, 0.25) is 11.8 Å². The van der Waals surface area contributed by atoms with Crippen LogP contribution in [0.25, 0.3) is 0 Å². The number of likely N-dealkylation sites (tertiary alicyclic amines) is 2. The Hall–Kier alpha value is -2.08. The van der Waals surface area contributed by atoms with Crippen molar-refractivity contribution in [1.82, 2.24) is 15.1 Å². The topological polar surface area (TPSA) is 61.9 Å². The van der Waals surface area contributed by atoms with Crippen LogP contribution in [-0.2, 0) is 16.0 Å². The van der Waals surface area contributed by atoms with Crippen LogP contribution < -0.4 is 10.1 Å². The SMILES string of the molecule is COc1ccc(CCNC(=O)CN2CC[C@]3(CCCN(C)C3=O)C2)cc1. The molecule has 2 aliphatic rings. The molecule has 1 spiro atoms. The molecule has 0 aromatic heterocycles. The third-order valence-corrected chi connectivity index (χ3v) is 5.64. The summed E-state index contributed by atoms with van der Waals surface area (Å²) in [5.41, 5.74) is 0.915. The second kappa shape index (κ2) is 8.08. The molecule has 6 nitrogen and oxygen atoms in total. The zero-order valence-electron chi connectivity index (χ0n) is 15.8. The molecule has 0 radical (unpaired) electrons. The maximum atomic E-state index is 12.5. The van der Waals surface area contributed by atoms with Crippen LogP contribution in [0.4, 0.5) is 0 Å². The molecule has 1 N–H and O–H groups in total. The van der Waals surface area contributed by atoms with E-state index in [0.29, 0.717) is 19.6 Å². The molecule has 2 fully saturated rings. The zero-order chi connectivity index (χ0) is 18.6. The number of nitrogens with zero attached hydrogens (tertiary/aromatic N) is 2. The van der Waals surface area contributed by atoms with Crippen molar-refractivity contribution >= 4 is 11.8 Å². The van der Waals surface area contributed by atoms with Crippen LogP contribution in [0.2, 0.25) is 0 Å². The molecular weight excluding hydrogens is 330 g/mol. The van der Waals surface area contributed by atoms with Gasteiger partial charge in [0.15, 0.2) is 0 Å². The van der Waals surface area contributed by atoms with Crippen molar-refractivity contribution in [1.29, 1.82) is 0 Å². The maximum Gasteiger partial charge on any atom is 0.234 e. The monoisotopic (exact) mass is 359 g/mol. The normalized spacial score (nSPS) is 23.5. The highest BCUT2D eigenvalue weighted by atomic mass is 16.5. The van der Waals surface area contributed by atoms with Gasteiger partial charge in [-0.15, -0.1) is 0 Å². The van der Waals surface area contributed by atoms with Gasteiger partial charge in [-0.2, -0.15) is 0 Å². The van der Waals surface area contributed by atoms with Gasteiger partial charge in [0.1, 0.15) is 5.75 Å². The summed E-state index contributed by atoms with van der Waals surface area (Å²) >= 11 is 0. The first-order chi connectivity index (χ1) is 12.5. The predicted molar refractivity (Wildman–Crippen MR) is 100 cm³/mol. The summed E-state index contributed by atoms with van der Waals surface area (Å²) in [6, 6.07) is 7.89. The van der Waals surface area contributed by atoms with E-state index in [1.807, 2.05) is 36.2 Å². The number of hydrogen-bond acceptors (Lipinski definition) is 4. The van der Waals surface area contributed by atoms with Crippen LogP contribution in [0.1, 0.15) is 24.8 Å². The first kappa shape index (κ1) is 18.7. The number of carbonyl (C=O) groups excluding carboxylic acids is 2. The number of rotatable bonds is 6. The van der Waals surface area contributed by atoms with Gasteiger partial charge in [0.25, 0.3) is 0 Å². The fourth-order valence-corrected chi connectivity index (χ4v) is 4.14. The minimum Gasteiger partial charge on any atom is -0.497 e. The maximum absolute atomic E-state index is 12.5. The quantitative estimate of drug-likeness (QED) is 0.832. The van der Waals surface area contributed by atoms with Crippen LogP contribution in [0.5, 0.6) is 5.75 Å². The van der Waals surface area contributed by atoms with Crippen molar-refractivity contribution in [3.05, 3.63) is 29.8 Å². The molecule has 1 aromatic rings. The summed E-state index contributed by atoms with van der Waals surface area (Å²) in [5, 5.41) is 2.99. The lowest BCUT2D eigenvalue weighted by Crippen LogP contribution is -2.48. The number of methoxy groups -OCH3 is 1. The van der Waals surface area contributed by atoms with Gasteiger partial charge >= 0.3 is 0 Å². The van der Waals surface area contributed by atoms with Crippen molar-refractivity contribution in [3.63, 3.8) is 0 Å². The molecule has 1 atom stereocenters. The fourth-order valence-electron chi connectivity index (χ4n) is 4.14. The average Bonchev–Trinajstić information content (AvgIpc) is 3.04. The van der Waals surface area contributed by atoms with Gasteiger partial charge in [-0.3, -0.25) is 14.5 Å². The number of benzene rings is 1. The molecule has 26 heavy (non-hydrogen) atoms. The summed E-state index contributed by atoms with van der Waals surface area (Å²) < 4.78 is 5.15. The van der Waals surface area contributed by atoms with Crippen LogP contribution in [0.3, 0.4) is 0 Å². The highest BCUT2D eigenvalue weighted by Crippen LogP contribution is 2.39. The average molecular weight is 359 g/mol. The molecule has 6 heteroatoms. The van der Waals surface area contributed by atoms with E-state index in [-0.39, 0.29) is 17.2 Å². The van der Waals surface area contributed by atoms with E-state index in [0.717, 1.165) is 44.5 Å². The van der Waals surface area contributed by atoms with Gasteiger partial charge in [0, 0.05) is 26.7 Å². The molecule has 0 aliphatic carbocycles. The second-order valence-electron chi connectivity index (χ2n) is 7.52. The molecule has 0 unspecified atom stereocenters. The first-order valence-corrected chi connectivity index (χ1v) is 9.40. The Bertz CT molecular complexity index is 646. The van der Waals surface area contributed by atoms with Gasteiger partial charge in [-0.05, 0) is 49.9 Å². The molecule has 142 valence electrons. The first-order valence-electron chi connectivity index (χ1n) is 9.40. The van der Waals surface area contributed by atoms with Gasteiger partial charge in [0.05, 0.1) is 19.1 Å². The predicted octanol–water partition coefficient (Wildman–Crippen LogP) is 1.30. The van der Waals surface area contributed by atoms with Gasteiger partial charge in [-0.25, -0.2) is 0 Å². The Morgan fingerprint density at radius 3 is 2.73 bits per heavy atom. The van der Waals surface area contributed by atoms with E-state index in [9.17, 15) is 9.59 Å². The zero-order valence-corrected chi connectivity index (χ0v) is 15.8. The Balaban J connectivity index is 1.42. The van der Waals surface area contributed by atoms with Gasteiger partial charge < -0.3 is 15.0 Å². The number of nitrogens with one attached hydrogen (secondary N) is 1. The molecule has 2 aliphatic heterocycles. The van der Waals surface area contributed by atoms with E-state index in [4.69, 9.17) is 4.74 Å². The van der Waals surface area contributed by atoms with Crippen LogP contribution in [-0.4, -0.2) is 68.5 Å². The highest BCUT2D eigenvalue weighted by Gasteiger charge is 2.47. The Labute approximate surface area is 155 Å². The smallest absolute Gasteiger partial charge is 0.234 e. The molecule has 2 heterocycles. The number of piperidine rings is 1. The van der Waals surface area contributed by atoms with E-state index in [1.165, 1.54) is 5.56 Å². The van der Waals surface area contributed by atoms with E-state index >= 15 is 0 Å². The van der Waals surface area contributed by atoms with Crippen LogP contribution in [0.15, 0.2) is 24.3 Å². The summed E-state index contributed by atoms with van der Waals surface area (Å²) in [4.78, 5) is 28.8. The van der Waals surface area contributed by atoms with Crippen LogP contribution in [0, 0.1) is 5.41 Å². The third-order valence-electron chi connectivity index (χ3n) is 5.64. The lowest BCUT2D eigenvalue weighted by atomic mass is 9.78. The van der Waals surface area contributed by atoms with E-state index < -0.39 is 0 Å². The van der Waals surface area contributed by atoms with Crippen molar-refractivity contribution in [2.45, 2.75) is 25.7 Å². The lowest BCUT2D eigenvalue weighted by molar-refractivity contribution is -0.144. The molecule has 2 amide bonds. The van der Waals surface area contributed by atoms with Crippen LogP contribution >= 0.6 is 0 Å². The minimum atomic E-state index is -0.254. The molecule has 3 rings (SSSR count). The number of amides is 2. The van der Waals surface area contributed by atoms with Crippen molar-refractivity contribution < 1.29 is 14.3 Å². The molecule has 0 bridgehead atoms. The summed E-state index contributed by atoms with van der Waals surface area (Å²) in [5.74, 6) is 1.13. The Morgan fingerprint density at radius 2 is 2.00 bits per heavy atom. The van der Waals surface area contributed by atoms with E-state index in [1.54, 1.807) is 7.11 Å². The summed E-state index contributed by atoms with van der Waals surface area (Å²) in [6.07, 6.45) is 3.67. The number of hydrogen-bond donors (Lipinski definition) is 1. The summed E-state index contributed by atoms with van der Waals surface area (Å²) in [6.45, 7) is 3.38. The standard InChI is InChI=1S/C20H29N3O3/c1-22-12-3-9-20(19(22)25)10-13-23(15-20)14-18(24)21-11-8-16-4-6-17(26-2)7-5-16/h4-7H,3,8-15H2,1-2H3,(H,21,24)/t20-/m1/s1. The van der Waals surface area contributed by atoms with Crippen molar-refractivity contribution in [3.8, 4) is 5.75 Å². The van der Waals surface area contributed by atoms with E-state index in [2.05, 4.69) is 10.2 Å².